The van der Waals surface area contributed by atoms with Gasteiger partial charge in [-0.2, -0.15) is 0 Å². The van der Waals surface area contributed by atoms with Crippen LogP contribution in [-0.4, -0.2) is 6.04 Å². The molecule has 0 aliphatic heterocycles. The second-order valence-corrected chi connectivity index (χ2v) is 5.39. The molecule has 1 aromatic rings. The van der Waals surface area contributed by atoms with E-state index >= 15 is 0 Å². The molecule has 1 aliphatic rings. The van der Waals surface area contributed by atoms with Gasteiger partial charge in [0.15, 0.2) is 0 Å². The predicted molar refractivity (Wildman–Crippen MR) is 69.8 cm³/mol. The van der Waals surface area contributed by atoms with E-state index in [4.69, 9.17) is 5.73 Å². The number of nitrogens with two attached hydrogens (primary N) is 1. The first-order valence-corrected chi connectivity index (χ1v) is 6.38. The number of aryl methyl sites for hydroxylation is 3. The summed E-state index contributed by atoms with van der Waals surface area (Å²) in [5.41, 5.74) is 11.9. The van der Waals surface area contributed by atoms with E-state index in [-0.39, 0.29) is 0 Å². The Bertz CT molecular complexity index is 371. The molecule has 0 heterocycles. The summed E-state index contributed by atoms with van der Waals surface area (Å²) in [4.78, 5) is 0. The fourth-order valence-corrected chi connectivity index (χ4v) is 3.44. The summed E-state index contributed by atoms with van der Waals surface area (Å²) in [6.07, 6.45) is 2.38. The second-order valence-electron chi connectivity index (χ2n) is 5.39. The molecule has 1 nitrogen and oxygen atoms in total. The van der Waals surface area contributed by atoms with Crippen LogP contribution in [-0.2, 0) is 0 Å². The summed E-state index contributed by atoms with van der Waals surface area (Å²) in [5, 5.41) is 0. The van der Waals surface area contributed by atoms with Crippen LogP contribution in [0.15, 0.2) is 12.1 Å². The van der Waals surface area contributed by atoms with E-state index in [1.165, 1.54) is 29.5 Å². The van der Waals surface area contributed by atoms with Crippen molar-refractivity contribution in [1.82, 2.24) is 0 Å². The zero-order valence-electron chi connectivity index (χ0n) is 10.9. The molecular weight excluding hydrogens is 194 g/mol. The van der Waals surface area contributed by atoms with Gasteiger partial charge in [0, 0.05) is 6.04 Å². The normalized spacial score (nSPS) is 28.9. The molecule has 3 unspecified atom stereocenters. The molecule has 1 aliphatic carbocycles. The van der Waals surface area contributed by atoms with Gasteiger partial charge in [0.1, 0.15) is 0 Å². The van der Waals surface area contributed by atoms with E-state index in [1.807, 2.05) is 0 Å². The average Bonchev–Trinajstić information content (AvgIpc) is 2.15. The quantitative estimate of drug-likeness (QED) is 0.806. The Morgan fingerprint density at radius 1 is 1.19 bits per heavy atom. The average molecular weight is 217 g/mol. The van der Waals surface area contributed by atoms with Crippen molar-refractivity contribution in [2.45, 2.75) is 52.5 Å². The van der Waals surface area contributed by atoms with Crippen LogP contribution < -0.4 is 5.73 Å². The summed E-state index contributed by atoms with van der Waals surface area (Å²) < 4.78 is 0. The van der Waals surface area contributed by atoms with Gasteiger partial charge in [-0.15, -0.1) is 0 Å². The summed E-state index contributed by atoms with van der Waals surface area (Å²) in [7, 11) is 0. The monoisotopic (exact) mass is 217 g/mol. The number of hydrogen-bond donors (Lipinski definition) is 1. The minimum absolute atomic E-state index is 0.426. The fourth-order valence-electron chi connectivity index (χ4n) is 3.44. The molecule has 1 heteroatoms. The first kappa shape index (κ1) is 11.7. The molecule has 0 spiro atoms. The Kier molecular flexibility index (Phi) is 3.07. The van der Waals surface area contributed by atoms with Crippen molar-refractivity contribution in [3.05, 3.63) is 34.4 Å². The molecule has 0 radical (unpaired) electrons. The van der Waals surface area contributed by atoms with Crippen molar-refractivity contribution in [1.29, 1.82) is 0 Å². The zero-order valence-corrected chi connectivity index (χ0v) is 10.9. The minimum atomic E-state index is 0.426. The molecule has 3 atom stereocenters. The van der Waals surface area contributed by atoms with Crippen LogP contribution in [0.5, 0.6) is 0 Å². The van der Waals surface area contributed by atoms with Gasteiger partial charge < -0.3 is 5.73 Å². The van der Waals surface area contributed by atoms with Crippen molar-refractivity contribution in [3.8, 4) is 0 Å². The van der Waals surface area contributed by atoms with Gasteiger partial charge in [0.05, 0.1) is 0 Å². The Morgan fingerprint density at radius 3 is 2.19 bits per heavy atom. The minimum Gasteiger partial charge on any atom is -0.327 e. The lowest BCUT2D eigenvalue weighted by Gasteiger charge is -2.44. The van der Waals surface area contributed by atoms with Crippen molar-refractivity contribution in [2.75, 3.05) is 0 Å². The van der Waals surface area contributed by atoms with Crippen LogP contribution in [0.25, 0.3) is 0 Å². The van der Waals surface area contributed by atoms with Gasteiger partial charge in [-0.3, -0.25) is 0 Å². The van der Waals surface area contributed by atoms with Crippen molar-refractivity contribution in [3.63, 3.8) is 0 Å². The highest BCUT2D eigenvalue weighted by Crippen LogP contribution is 2.45. The summed E-state index contributed by atoms with van der Waals surface area (Å²) >= 11 is 0. The Morgan fingerprint density at radius 2 is 1.75 bits per heavy atom. The van der Waals surface area contributed by atoms with E-state index < -0.39 is 0 Å². The highest BCUT2D eigenvalue weighted by Gasteiger charge is 2.39. The van der Waals surface area contributed by atoms with Gasteiger partial charge in [0.2, 0.25) is 0 Å². The molecule has 0 aromatic heterocycles. The highest BCUT2D eigenvalue weighted by molar-refractivity contribution is 5.41. The van der Waals surface area contributed by atoms with E-state index in [9.17, 15) is 0 Å². The lowest BCUT2D eigenvalue weighted by atomic mass is 9.63. The molecule has 0 saturated heterocycles. The summed E-state index contributed by atoms with van der Waals surface area (Å²) in [5.74, 6) is 1.40. The molecule has 1 fully saturated rings. The Labute approximate surface area is 99.0 Å². The predicted octanol–water partition coefficient (Wildman–Crippen LogP) is 3.45. The molecule has 2 rings (SSSR count). The molecule has 1 aromatic carbocycles. The molecule has 88 valence electrons. The van der Waals surface area contributed by atoms with Gasteiger partial charge in [-0.1, -0.05) is 31.0 Å². The maximum atomic E-state index is 6.09. The maximum absolute atomic E-state index is 6.09. The van der Waals surface area contributed by atoms with Crippen LogP contribution >= 0.6 is 0 Å². The van der Waals surface area contributed by atoms with Crippen molar-refractivity contribution in [2.24, 2.45) is 11.7 Å². The van der Waals surface area contributed by atoms with E-state index in [0.29, 0.717) is 17.9 Å². The van der Waals surface area contributed by atoms with Crippen LogP contribution in [0.3, 0.4) is 0 Å². The van der Waals surface area contributed by atoms with E-state index in [1.54, 1.807) is 5.56 Å². The Balaban J connectivity index is 2.35. The largest absolute Gasteiger partial charge is 0.327 e. The molecule has 16 heavy (non-hydrogen) atoms. The fraction of sp³-hybridized carbons (Fsp3) is 0.600. The first-order valence-electron chi connectivity index (χ1n) is 6.38. The second kappa shape index (κ2) is 4.21. The van der Waals surface area contributed by atoms with E-state index in [2.05, 4.69) is 39.8 Å². The number of rotatable bonds is 2. The van der Waals surface area contributed by atoms with Crippen molar-refractivity contribution >= 4 is 0 Å². The van der Waals surface area contributed by atoms with Crippen LogP contribution in [0.1, 0.15) is 47.9 Å². The SMILES string of the molecule is CCC1C(N)CC1c1c(C)cc(C)cc1C. The Hall–Kier alpha value is -0.820. The van der Waals surface area contributed by atoms with Gasteiger partial charge in [-0.25, -0.2) is 0 Å². The molecule has 2 N–H and O–H groups in total. The van der Waals surface area contributed by atoms with Gasteiger partial charge >= 0.3 is 0 Å². The highest BCUT2D eigenvalue weighted by atomic mass is 14.7. The summed E-state index contributed by atoms with van der Waals surface area (Å²) in [6, 6.07) is 5.03. The third kappa shape index (κ3) is 1.78. The zero-order chi connectivity index (χ0) is 11.9. The van der Waals surface area contributed by atoms with Crippen LogP contribution in [0.2, 0.25) is 0 Å². The maximum Gasteiger partial charge on any atom is 0.00788 e. The number of benzene rings is 1. The standard InChI is InChI=1S/C15H23N/c1-5-12-13(8-14(12)16)15-10(3)6-9(2)7-11(15)4/h6-7,12-14H,5,8,16H2,1-4H3. The van der Waals surface area contributed by atoms with Crippen LogP contribution in [0, 0.1) is 26.7 Å². The topological polar surface area (TPSA) is 26.0 Å². The lowest BCUT2D eigenvalue weighted by Crippen LogP contribution is -2.46. The summed E-state index contributed by atoms with van der Waals surface area (Å²) in [6.45, 7) is 8.92. The van der Waals surface area contributed by atoms with Crippen LogP contribution in [0.4, 0.5) is 0 Å². The third-order valence-electron chi connectivity index (χ3n) is 4.17. The van der Waals surface area contributed by atoms with E-state index in [0.717, 1.165) is 0 Å². The lowest BCUT2D eigenvalue weighted by molar-refractivity contribution is 0.197. The smallest absolute Gasteiger partial charge is 0.00788 e. The first-order chi connectivity index (χ1) is 7.54. The molecule has 0 bridgehead atoms. The molecule has 0 amide bonds. The molecular formula is C15H23N. The van der Waals surface area contributed by atoms with Gasteiger partial charge in [-0.05, 0) is 55.7 Å². The van der Waals surface area contributed by atoms with Crippen molar-refractivity contribution < 1.29 is 0 Å². The van der Waals surface area contributed by atoms with Gasteiger partial charge in [0.25, 0.3) is 0 Å². The molecule has 1 saturated carbocycles. The third-order valence-corrected chi connectivity index (χ3v) is 4.17. The number of hydrogen-bond acceptors (Lipinski definition) is 1.